The molecule has 0 saturated carbocycles. The van der Waals surface area contributed by atoms with Gasteiger partial charge in [0.05, 0.1) is 9.82 Å². The molecule has 0 amide bonds. The van der Waals surface area contributed by atoms with Crippen molar-refractivity contribution < 1.29 is 13.3 Å². The zero-order chi connectivity index (χ0) is 12.6. The monoisotopic (exact) mass is 257 g/mol. The van der Waals surface area contributed by atoms with E-state index >= 15 is 0 Å². The lowest BCUT2D eigenvalue weighted by atomic mass is 10.2. The Hall–Kier alpha value is -1.51. The summed E-state index contributed by atoms with van der Waals surface area (Å²) in [6.45, 7) is 0.582. The van der Waals surface area contributed by atoms with Gasteiger partial charge in [0, 0.05) is 31.3 Å². The summed E-state index contributed by atoms with van der Waals surface area (Å²) in [7, 11) is -3.55. The van der Waals surface area contributed by atoms with Gasteiger partial charge in [-0.3, -0.25) is 10.1 Å². The van der Waals surface area contributed by atoms with Crippen LogP contribution in [0.25, 0.3) is 0 Å². The molecule has 17 heavy (non-hydrogen) atoms. The van der Waals surface area contributed by atoms with E-state index in [2.05, 4.69) is 0 Å². The van der Waals surface area contributed by atoms with Crippen molar-refractivity contribution in [2.24, 2.45) is 5.73 Å². The van der Waals surface area contributed by atoms with Crippen molar-refractivity contribution in [2.45, 2.75) is 10.9 Å². The standard InChI is InChI=1S/C9H11N3O4S/c10-7-5-11(6-7)17(15,16)9-3-1-8(2-4-9)12(13)14/h1-4,7H,5-6,10H2. The van der Waals surface area contributed by atoms with E-state index in [0.717, 1.165) is 0 Å². The fourth-order valence-corrected chi connectivity index (χ4v) is 3.11. The van der Waals surface area contributed by atoms with E-state index in [-0.39, 0.29) is 16.6 Å². The summed E-state index contributed by atoms with van der Waals surface area (Å²) in [5.41, 5.74) is 5.38. The number of hydrogen-bond donors (Lipinski definition) is 1. The van der Waals surface area contributed by atoms with E-state index in [1.807, 2.05) is 0 Å². The molecule has 1 aliphatic rings. The van der Waals surface area contributed by atoms with Crippen LogP contribution >= 0.6 is 0 Å². The summed E-state index contributed by atoms with van der Waals surface area (Å²) in [5, 5.41) is 10.4. The first-order valence-corrected chi connectivity index (χ1v) is 6.35. The number of benzene rings is 1. The molecule has 1 saturated heterocycles. The van der Waals surface area contributed by atoms with Gasteiger partial charge in [0.2, 0.25) is 10.0 Å². The maximum atomic E-state index is 11.9. The topological polar surface area (TPSA) is 107 Å². The lowest BCUT2D eigenvalue weighted by Gasteiger charge is -2.35. The predicted molar refractivity (Wildman–Crippen MR) is 59.8 cm³/mol. The molecule has 92 valence electrons. The highest BCUT2D eigenvalue weighted by Gasteiger charge is 2.34. The van der Waals surface area contributed by atoms with Crippen molar-refractivity contribution >= 4 is 15.7 Å². The number of nitro groups is 1. The van der Waals surface area contributed by atoms with Gasteiger partial charge in [0.1, 0.15) is 0 Å². The van der Waals surface area contributed by atoms with Crippen LogP contribution in [0.3, 0.4) is 0 Å². The normalized spacial score (nSPS) is 17.7. The fraction of sp³-hybridized carbons (Fsp3) is 0.333. The molecule has 0 bridgehead atoms. The second-order valence-electron chi connectivity index (χ2n) is 3.83. The second kappa shape index (κ2) is 4.06. The molecule has 1 aromatic carbocycles. The zero-order valence-corrected chi connectivity index (χ0v) is 9.63. The molecule has 7 nitrogen and oxygen atoms in total. The molecule has 0 atom stereocenters. The Balaban J connectivity index is 2.25. The molecule has 0 unspecified atom stereocenters. The van der Waals surface area contributed by atoms with Crippen LogP contribution in [-0.4, -0.2) is 36.8 Å². The Bertz CT molecular complexity index is 534. The lowest BCUT2D eigenvalue weighted by Crippen LogP contribution is -2.57. The highest BCUT2D eigenvalue weighted by atomic mass is 32.2. The number of nitrogens with zero attached hydrogens (tertiary/aromatic N) is 2. The SMILES string of the molecule is NC1CN(S(=O)(=O)c2ccc([N+](=O)[O-])cc2)C1. The number of nitrogens with two attached hydrogens (primary N) is 1. The van der Waals surface area contributed by atoms with Gasteiger partial charge in [-0.05, 0) is 12.1 Å². The quantitative estimate of drug-likeness (QED) is 0.602. The molecular formula is C9H11N3O4S. The summed E-state index contributed by atoms with van der Waals surface area (Å²) in [6, 6.07) is 4.69. The fourth-order valence-electron chi connectivity index (χ4n) is 1.55. The van der Waals surface area contributed by atoms with Crippen LogP contribution < -0.4 is 5.73 Å². The van der Waals surface area contributed by atoms with Crippen LogP contribution in [0.1, 0.15) is 0 Å². The minimum absolute atomic E-state index is 0.0509. The van der Waals surface area contributed by atoms with E-state index in [4.69, 9.17) is 5.73 Å². The summed E-state index contributed by atoms with van der Waals surface area (Å²) in [5.74, 6) is 0. The van der Waals surface area contributed by atoms with Gasteiger partial charge in [-0.1, -0.05) is 0 Å². The highest BCUT2D eigenvalue weighted by Crippen LogP contribution is 2.22. The lowest BCUT2D eigenvalue weighted by molar-refractivity contribution is -0.384. The van der Waals surface area contributed by atoms with Crippen LogP contribution in [0.2, 0.25) is 0 Å². The van der Waals surface area contributed by atoms with Crippen molar-refractivity contribution in [2.75, 3.05) is 13.1 Å². The second-order valence-corrected chi connectivity index (χ2v) is 5.77. The minimum Gasteiger partial charge on any atom is -0.325 e. The third-order valence-corrected chi connectivity index (χ3v) is 4.41. The third kappa shape index (κ3) is 2.14. The Morgan fingerprint density at radius 1 is 1.29 bits per heavy atom. The van der Waals surface area contributed by atoms with Crippen molar-refractivity contribution in [1.29, 1.82) is 0 Å². The number of non-ortho nitro benzene ring substituents is 1. The highest BCUT2D eigenvalue weighted by molar-refractivity contribution is 7.89. The molecule has 2 rings (SSSR count). The van der Waals surface area contributed by atoms with Gasteiger partial charge in [0.25, 0.3) is 5.69 Å². The van der Waals surface area contributed by atoms with Crippen molar-refractivity contribution in [1.82, 2.24) is 4.31 Å². The zero-order valence-electron chi connectivity index (χ0n) is 8.81. The van der Waals surface area contributed by atoms with Crippen LogP contribution in [0.15, 0.2) is 29.2 Å². The molecule has 1 aliphatic heterocycles. The molecule has 0 spiro atoms. The smallest absolute Gasteiger partial charge is 0.269 e. The van der Waals surface area contributed by atoms with Crippen LogP contribution in [0.4, 0.5) is 5.69 Å². The maximum absolute atomic E-state index is 11.9. The van der Waals surface area contributed by atoms with Gasteiger partial charge >= 0.3 is 0 Å². The summed E-state index contributed by atoms with van der Waals surface area (Å²) in [6.07, 6.45) is 0. The molecule has 8 heteroatoms. The average molecular weight is 257 g/mol. The Kier molecular flexibility index (Phi) is 2.86. The largest absolute Gasteiger partial charge is 0.325 e. The Labute approximate surface area is 98.0 Å². The minimum atomic E-state index is -3.55. The number of nitro benzene ring substituents is 1. The van der Waals surface area contributed by atoms with Gasteiger partial charge in [-0.15, -0.1) is 0 Å². The first kappa shape index (κ1) is 12.0. The molecule has 0 aliphatic carbocycles. The van der Waals surface area contributed by atoms with E-state index in [1.165, 1.54) is 28.6 Å². The molecule has 1 aromatic rings. The third-order valence-electron chi connectivity index (χ3n) is 2.56. The Morgan fingerprint density at radius 3 is 2.24 bits per heavy atom. The number of sulfonamides is 1. The van der Waals surface area contributed by atoms with Gasteiger partial charge in [-0.25, -0.2) is 8.42 Å². The number of rotatable bonds is 3. The van der Waals surface area contributed by atoms with Crippen molar-refractivity contribution in [3.63, 3.8) is 0 Å². The molecule has 0 radical (unpaired) electrons. The van der Waals surface area contributed by atoms with Gasteiger partial charge < -0.3 is 5.73 Å². The van der Waals surface area contributed by atoms with Crippen molar-refractivity contribution in [3.05, 3.63) is 34.4 Å². The van der Waals surface area contributed by atoms with Gasteiger partial charge in [0.15, 0.2) is 0 Å². The van der Waals surface area contributed by atoms with E-state index in [9.17, 15) is 18.5 Å². The molecule has 2 N–H and O–H groups in total. The molecular weight excluding hydrogens is 246 g/mol. The van der Waals surface area contributed by atoms with E-state index < -0.39 is 14.9 Å². The van der Waals surface area contributed by atoms with Crippen molar-refractivity contribution in [3.8, 4) is 0 Å². The molecule has 1 fully saturated rings. The predicted octanol–water partition coefficient (Wildman–Crippen LogP) is -0.0736. The average Bonchev–Trinajstić information content (AvgIpc) is 2.25. The summed E-state index contributed by atoms with van der Waals surface area (Å²) in [4.78, 5) is 9.91. The van der Waals surface area contributed by atoms with Crippen LogP contribution in [0.5, 0.6) is 0 Å². The van der Waals surface area contributed by atoms with Crippen LogP contribution in [-0.2, 0) is 10.0 Å². The first-order valence-electron chi connectivity index (χ1n) is 4.91. The van der Waals surface area contributed by atoms with Crippen LogP contribution in [0, 0.1) is 10.1 Å². The summed E-state index contributed by atoms with van der Waals surface area (Å²) < 4.78 is 25.1. The first-order chi connectivity index (χ1) is 7.91. The van der Waals surface area contributed by atoms with E-state index in [0.29, 0.717) is 13.1 Å². The van der Waals surface area contributed by atoms with E-state index in [1.54, 1.807) is 0 Å². The van der Waals surface area contributed by atoms with Gasteiger partial charge in [-0.2, -0.15) is 4.31 Å². The Morgan fingerprint density at radius 2 is 1.82 bits per heavy atom. The number of hydrogen-bond acceptors (Lipinski definition) is 5. The summed E-state index contributed by atoms with van der Waals surface area (Å²) >= 11 is 0. The molecule has 1 heterocycles. The maximum Gasteiger partial charge on any atom is 0.269 e. The molecule has 0 aromatic heterocycles.